The lowest BCUT2D eigenvalue weighted by atomic mass is 9.58. The molecule has 4 fully saturated rings. The van der Waals surface area contributed by atoms with E-state index >= 15 is 0 Å². The average Bonchev–Trinajstić information content (AvgIpc) is 2.55. The van der Waals surface area contributed by atoms with E-state index in [1.807, 2.05) is 14.1 Å². The van der Waals surface area contributed by atoms with Crippen LogP contribution in [0.3, 0.4) is 0 Å². The van der Waals surface area contributed by atoms with Crippen LogP contribution in [0.15, 0.2) is 0 Å². The van der Waals surface area contributed by atoms with Gasteiger partial charge in [-0.25, -0.2) is 0 Å². The number of carbonyl (C=O) groups is 1. The van der Waals surface area contributed by atoms with E-state index < -0.39 is 0 Å². The van der Waals surface area contributed by atoms with E-state index in [4.69, 9.17) is 4.74 Å². The second-order valence-corrected chi connectivity index (χ2v) is 7.48. The minimum absolute atomic E-state index is 0.0979. The van der Waals surface area contributed by atoms with Gasteiger partial charge in [-0.2, -0.15) is 0 Å². The Kier molecular flexibility index (Phi) is 3.59. The summed E-state index contributed by atoms with van der Waals surface area (Å²) in [5.74, 6) is 2.53. The first-order valence-corrected chi connectivity index (χ1v) is 7.89. The lowest BCUT2D eigenvalue weighted by Crippen LogP contribution is -2.44. The van der Waals surface area contributed by atoms with E-state index in [1.165, 1.54) is 25.7 Å². The maximum Gasteiger partial charge on any atom is 0.312 e. The number of carbonyl (C=O) groups excluding carboxylic acids is 1. The van der Waals surface area contributed by atoms with Crippen LogP contribution in [0.5, 0.6) is 0 Å². The summed E-state index contributed by atoms with van der Waals surface area (Å²) in [5, 5.41) is 0. The first-order chi connectivity index (χ1) is 9.07. The van der Waals surface area contributed by atoms with Gasteiger partial charge in [-0.1, -0.05) is 12.8 Å². The van der Waals surface area contributed by atoms with Crippen molar-refractivity contribution >= 4 is 5.97 Å². The molecule has 2 atom stereocenters. The van der Waals surface area contributed by atoms with Crippen molar-refractivity contribution in [1.29, 1.82) is 0 Å². The first kappa shape index (κ1) is 13.4. The third kappa shape index (κ3) is 2.67. The standard InChI is InChI=1S/C16H27NO2/c1-17(2)5-6-19-15(18)16-9-12-3-4-13(10-16)8-14(7-12)11-16/h12-14H,3-11H2,1-2H3. The zero-order valence-electron chi connectivity index (χ0n) is 12.4. The Labute approximate surface area is 116 Å². The third-order valence-corrected chi connectivity index (χ3v) is 5.56. The molecule has 0 aromatic rings. The van der Waals surface area contributed by atoms with E-state index in [0.717, 1.165) is 43.6 Å². The van der Waals surface area contributed by atoms with Crippen molar-refractivity contribution in [3.05, 3.63) is 0 Å². The fourth-order valence-electron chi connectivity index (χ4n) is 4.92. The monoisotopic (exact) mass is 265 g/mol. The number of likely N-dealkylation sites (N-methyl/N-ethyl adjacent to an activating group) is 1. The summed E-state index contributed by atoms with van der Waals surface area (Å²) in [7, 11) is 4.03. The second kappa shape index (κ2) is 5.08. The summed E-state index contributed by atoms with van der Waals surface area (Å²) in [5.41, 5.74) is -0.0979. The van der Waals surface area contributed by atoms with Gasteiger partial charge < -0.3 is 9.64 Å². The summed E-state index contributed by atoms with van der Waals surface area (Å²) in [6.07, 6.45) is 8.80. The fourth-order valence-corrected chi connectivity index (χ4v) is 4.92. The zero-order chi connectivity index (χ0) is 13.5. The molecular formula is C16H27NO2. The van der Waals surface area contributed by atoms with Crippen LogP contribution in [-0.4, -0.2) is 38.1 Å². The van der Waals surface area contributed by atoms with Crippen molar-refractivity contribution in [3.63, 3.8) is 0 Å². The molecule has 0 aliphatic heterocycles. The van der Waals surface area contributed by atoms with E-state index in [2.05, 4.69) is 4.90 Å². The second-order valence-electron chi connectivity index (χ2n) is 7.48. The summed E-state index contributed by atoms with van der Waals surface area (Å²) >= 11 is 0. The Morgan fingerprint density at radius 1 is 1.11 bits per heavy atom. The first-order valence-electron chi connectivity index (χ1n) is 7.89. The highest BCUT2D eigenvalue weighted by molar-refractivity contribution is 5.77. The SMILES string of the molecule is CN(C)CCOC(=O)C12CC3CCC(CC(C3)C1)C2. The van der Waals surface area contributed by atoms with Gasteiger partial charge in [0.05, 0.1) is 5.41 Å². The van der Waals surface area contributed by atoms with Crippen LogP contribution in [0.1, 0.15) is 44.9 Å². The maximum atomic E-state index is 12.6. The number of nitrogens with zero attached hydrogens (tertiary/aromatic N) is 1. The van der Waals surface area contributed by atoms with Gasteiger partial charge in [0.2, 0.25) is 0 Å². The molecule has 0 radical (unpaired) electrons. The number of esters is 1. The summed E-state index contributed by atoms with van der Waals surface area (Å²) in [4.78, 5) is 14.7. The highest BCUT2D eigenvalue weighted by Crippen LogP contribution is 2.58. The van der Waals surface area contributed by atoms with Crippen LogP contribution in [0, 0.1) is 23.2 Å². The highest BCUT2D eigenvalue weighted by Gasteiger charge is 2.53. The Morgan fingerprint density at radius 2 is 1.68 bits per heavy atom. The van der Waals surface area contributed by atoms with Gasteiger partial charge >= 0.3 is 5.97 Å². The van der Waals surface area contributed by atoms with Gasteiger partial charge in [0.25, 0.3) is 0 Å². The number of ether oxygens (including phenoxy) is 1. The van der Waals surface area contributed by atoms with Crippen molar-refractivity contribution < 1.29 is 9.53 Å². The van der Waals surface area contributed by atoms with Crippen LogP contribution in [0.4, 0.5) is 0 Å². The molecule has 108 valence electrons. The maximum absolute atomic E-state index is 12.6. The predicted octanol–water partition coefficient (Wildman–Crippen LogP) is 2.70. The van der Waals surface area contributed by atoms with Gasteiger partial charge in [0.1, 0.15) is 6.61 Å². The van der Waals surface area contributed by atoms with E-state index in [1.54, 1.807) is 0 Å². The molecule has 19 heavy (non-hydrogen) atoms. The smallest absolute Gasteiger partial charge is 0.312 e. The molecular weight excluding hydrogens is 238 g/mol. The van der Waals surface area contributed by atoms with Gasteiger partial charge in [0, 0.05) is 6.54 Å². The molecule has 3 heteroatoms. The molecule has 0 aromatic heterocycles. The fraction of sp³-hybridized carbons (Fsp3) is 0.938. The van der Waals surface area contributed by atoms with E-state index in [0.29, 0.717) is 6.61 Å². The summed E-state index contributed by atoms with van der Waals surface area (Å²) < 4.78 is 5.61. The van der Waals surface area contributed by atoms with Crippen LogP contribution >= 0.6 is 0 Å². The molecule has 0 amide bonds. The Morgan fingerprint density at radius 3 is 2.26 bits per heavy atom. The van der Waals surface area contributed by atoms with Gasteiger partial charge in [0.15, 0.2) is 0 Å². The number of rotatable bonds is 4. The van der Waals surface area contributed by atoms with Gasteiger partial charge in [-0.3, -0.25) is 4.79 Å². The van der Waals surface area contributed by atoms with Crippen molar-refractivity contribution in [2.45, 2.75) is 44.9 Å². The van der Waals surface area contributed by atoms with Crippen LogP contribution < -0.4 is 0 Å². The molecule has 4 aliphatic rings. The topological polar surface area (TPSA) is 29.5 Å². The Bertz CT molecular complexity index is 337. The lowest BCUT2D eigenvalue weighted by molar-refractivity contribution is -0.164. The normalized spacial score (nSPS) is 40.5. The number of hydrogen-bond acceptors (Lipinski definition) is 3. The van der Waals surface area contributed by atoms with Crippen LogP contribution in [0.25, 0.3) is 0 Å². The van der Waals surface area contributed by atoms with Crippen molar-refractivity contribution in [2.75, 3.05) is 27.2 Å². The molecule has 0 spiro atoms. The molecule has 0 aromatic carbocycles. The van der Waals surface area contributed by atoms with E-state index in [-0.39, 0.29) is 11.4 Å². The summed E-state index contributed by atoms with van der Waals surface area (Å²) in [6, 6.07) is 0. The largest absolute Gasteiger partial charge is 0.464 e. The molecule has 4 rings (SSSR count). The zero-order valence-corrected chi connectivity index (χ0v) is 12.4. The van der Waals surface area contributed by atoms with Crippen molar-refractivity contribution in [2.24, 2.45) is 23.2 Å². The molecule has 4 saturated carbocycles. The van der Waals surface area contributed by atoms with E-state index in [9.17, 15) is 4.79 Å². The number of fused-ring (bicyclic) bond motifs is 1. The van der Waals surface area contributed by atoms with Gasteiger partial charge in [-0.05, 0) is 64.0 Å². The lowest BCUT2D eigenvalue weighted by Gasteiger charge is -2.46. The third-order valence-electron chi connectivity index (χ3n) is 5.56. The molecule has 0 saturated heterocycles. The van der Waals surface area contributed by atoms with Crippen molar-refractivity contribution in [3.8, 4) is 0 Å². The number of hydrogen-bond donors (Lipinski definition) is 0. The quantitative estimate of drug-likeness (QED) is 0.732. The predicted molar refractivity (Wildman–Crippen MR) is 74.7 cm³/mol. The summed E-state index contributed by atoms with van der Waals surface area (Å²) in [6.45, 7) is 1.38. The van der Waals surface area contributed by atoms with Crippen LogP contribution in [-0.2, 0) is 9.53 Å². The molecule has 3 nitrogen and oxygen atoms in total. The molecule has 4 bridgehead atoms. The highest BCUT2D eigenvalue weighted by atomic mass is 16.5. The minimum atomic E-state index is -0.0979. The van der Waals surface area contributed by atoms with Gasteiger partial charge in [-0.15, -0.1) is 0 Å². The molecule has 2 unspecified atom stereocenters. The Hall–Kier alpha value is -0.570. The van der Waals surface area contributed by atoms with Crippen molar-refractivity contribution in [1.82, 2.24) is 4.90 Å². The molecule has 4 aliphatic carbocycles. The minimum Gasteiger partial charge on any atom is -0.464 e. The van der Waals surface area contributed by atoms with Crippen LogP contribution in [0.2, 0.25) is 0 Å². The molecule has 0 N–H and O–H groups in total. The molecule has 0 heterocycles. The average molecular weight is 265 g/mol. The Balaban J connectivity index is 1.67.